The van der Waals surface area contributed by atoms with Gasteiger partial charge in [0.1, 0.15) is 17.6 Å². The fourth-order valence-electron chi connectivity index (χ4n) is 3.79. The van der Waals surface area contributed by atoms with E-state index in [4.69, 9.17) is 13.9 Å². The standard InChI is InChI=1S/C18H23N3O4/c1-10-4-12-5-15(23-3)6-13(17(12)24-10)8-21-9-14(22)7-16(21)18-20-19-11(2)25-18/h5-6,10,14,16,22H,4,7-9H2,1-3H3/t10?,14-,16-/m1/s1. The minimum absolute atomic E-state index is 0.0862. The summed E-state index contributed by atoms with van der Waals surface area (Å²) in [5.41, 5.74) is 2.24. The Morgan fingerprint density at radius 1 is 1.36 bits per heavy atom. The predicted molar refractivity (Wildman–Crippen MR) is 89.6 cm³/mol. The van der Waals surface area contributed by atoms with Crippen LogP contribution in [0.5, 0.6) is 11.5 Å². The summed E-state index contributed by atoms with van der Waals surface area (Å²) in [5.74, 6) is 2.87. The normalized spacial score (nSPS) is 25.8. The number of nitrogens with zero attached hydrogens (tertiary/aromatic N) is 3. The maximum absolute atomic E-state index is 10.2. The number of rotatable bonds is 4. The summed E-state index contributed by atoms with van der Waals surface area (Å²) in [4.78, 5) is 2.17. The van der Waals surface area contributed by atoms with Crippen molar-refractivity contribution >= 4 is 0 Å². The molecule has 2 aliphatic heterocycles. The summed E-state index contributed by atoms with van der Waals surface area (Å²) in [7, 11) is 1.67. The second kappa shape index (κ2) is 6.31. The minimum atomic E-state index is -0.407. The van der Waals surface area contributed by atoms with Gasteiger partial charge < -0.3 is 19.0 Å². The summed E-state index contributed by atoms with van der Waals surface area (Å²) < 4.78 is 17.1. The van der Waals surface area contributed by atoms with Crippen LogP contribution in [0.3, 0.4) is 0 Å². The Morgan fingerprint density at radius 2 is 2.20 bits per heavy atom. The largest absolute Gasteiger partial charge is 0.497 e. The van der Waals surface area contributed by atoms with Crippen molar-refractivity contribution in [1.29, 1.82) is 0 Å². The number of aliphatic hydroxyl groups excluding tert-OH is 1. The number of hydrogen-bond donors (Lipinski definition) is 1. The van der Waals surface area contributed by atoms with Crippen molar-refractivity contribution in [2.24, 2.45) is 0 Å². The third-order valence-electron chi connectivity index (χ3n) is 4.86. The fourth-order valence-corrected chi connectivity index (χ4v) is 3.79. The molecule has 0 spiro atoms. The number of likely N-dealkylation sites (tertiary alicyclic amines) is 1. The molecule has 7 nitrogen and oxygen atoms in total. The molecular formula is C18H23N3O4. The highest BCUT2D eigenvalue weighted by Crippen LogP contribution is 2.39. The van der Waals surface area contributed by atoms with Crippen molar-refractivity contribution in [1.82, 2.24) is 15.1 Å². The van der Waals surface area contributed by atoms with Gasteiger partial charge in [0, 0.05) is 37.6 Å². The Balaban J connectivity index is 1.64. The van der Waals surface area contributed by atoms with E-state index in [2.05, 4.69) is 22.0 Å². The van der Waals surface area contributed by atoms with Crippen LogP contribution >= 0.6 is 0 Å². The molecule has 4 rings (SSSR count). The second-order valence-corrected chi connectivity index (χ2v) is 6.90. The molecule has 1 unspecified atom stereocenters. The third-order valence-corrected chi connectivity index (χ3v) is 4.86. The van der Waals surface area contributed by atoms with Gasteiger partial charge in [-0.15, -0.1) is 10.2 Å². The highest BCUT2D eigenvalue weighted by atomic mass is 16.5. The zero-order chi connectivity index (χ0) is 17.6. The van der Waals surface area contributed by atoms with Gasteiger partial charge in [-0.1, -0.05) is 0 Å². The van der Waals surface area contributed by atoms with Gasteiger partial charge >= 0.3 is 0 Å². The molecule has 0 aliphatic carbocycles. The monoisotopic (exact) mass is 345 g/mol. The van der Waals surface area contributed by atoms with E-state index in [1.54, 1.807) is 14.0 Å². The van der Waals surface area contributed by atoms with Crippen molar-refractivity contribution in [3.63, 3.8) is 0 Å². The molecule has 0 saturated carbocycles. The van der Waals surface area contributed by atoms with Crippen LogP contribution in [-0.2, 0) is 13.0 Å². The number of fused-ring (bicyclic) bond motifs is 1. The average molecular weight is 345 g/mol. The summed E-state index contributed by atoms with van der Waals surface area (Å²) in [6.07, 6.45) is 1.23. The molecule has 1 fully saturated rings. The first-order chi connectivity index (χ1) is 12.0. The first-order valence-electron chi connectivity index (χ1n) is 8.62. The number of β-amino-alcohol motifs (C(OH)–C–C–N with tert-alkyl or cyclic N) is 1. The Bertz CT molecular complexity index is 776. The van der Waals surface area contributed by atoms with Crippen molar-refractivity contribution in [3.8, 4) is 11.5 Å². The van der Waals surface area contributed by atoms with Crippen LogP contribution in [0.4, 0.5) is 0 Å². The second-order valence-electron chi connectivity index (χ2n) is 6.90. The molecule has 0 radical (unpaired) electrons. The minimum Gasteiger partial charge on any atom is -0.497 e. The molecule has 1 saturated heterocycles. The van der Waals surface area contributed by atoms with Gasteiger partial charge in [0.2, 0.25) is 11.8 Å². The molecule has 25 heavy (non-hydrogen) atoms. The number of aryl methyl sites for hydroxylation is 1. The number of hydrogen-bond acceptors (Lipinski definition) is 7. The molecule has 1 aromatic heterocycles. The molecule has 7 heteroatoms. The van der Waals surface area contributed by atoms with Crippen LogP contribution in [0.1, 0.15) is 42.3 Å². The molecular weight excluding hydrogens is 322 g/mol. The van der Waals surface area contributed by atoms with Gasteiger partial charge in [0.05, 0.1) is 19.3 Å². The molecule has 3 heterocycles. The van der Waals surface area contributed by atoms with Crippen molar-refractivity contribution in [2.45, 2.75) is 51.5 Å². The lowest BCUT2D eigenvalue weighted by atomic mass is 10.0. The van der Waals surface area contributed by atoms with Crippen LogP contribution in [0.15, 0.2) is 16.5 Å². The van der Waals surface area contributed by atoms with Gasteiger partial charge in [-0.2, -0.15) is 0 Å². The van der Waals surface area contributed by atoms with Gasteiger partial charge in [-0.25, -0.2) is 0 Å². The Kier molecular flexibility index (Phi) is 4.13. The zero-order valence-electron chi connectivity index (χ0n) is 14.7. The maximum Gasteiger partial charge on any atom is 0.233 e. The number of benzene rings is 1. The van der Waals surface area contributed by atoms with E-state index in [9.17, 15) is 5.11 Å². The molecule has 1 aromatic carbocycles. The van der Waals surface area contributed by atoms with E-state index in [-0.39, 0.29) is 12.1 Å². The molecule has 1 N–H and O–H groups in total. The first-order valence-corrected chi connectivity index (χ1v) is 8.62. The van der Waals surface area contributed by atoms with Gasteiger partial charge in [0.15, 0.2) is 0 Å². The lowest BCUT2D eigenvalue weighted by Crippen LogP contribution is -2.25. The van der Waals surface area contributed by atoms with Crippen LogP contribution in [-0.4, -0.2) is 46.1 Å². The van der Waals surface area contributed by atoms with E-state index in [1.807, 2.05) is 12.1 Å². The zero-order valence-corrected chi connectivity index (χ0v) is 14.7. The summed E-state index contributed by atoms with van der Waals surface area (Å²) in [6, 6.07) is 3.97. The SMILES string of the molecule is COc1cc2c(c(CN3C[C@H](O)C[C@@H]3c3nnc(C)o3)c1)OC(C)C2. The van der Waals surface area contributed by atoms with Gasteiger partial charge in [-0.3, -0.25) is 4.90 Å². The smallest absolute Gasteiger partial charge is 0.233 e. The number of ether oxygens (including phenoxy) is 2. The van der Waals surface area contributed by atoms with E-state index >= 15 is 0 Å². The van der Waals surface area contributed by atoms with Crippen molar-refractivity contribution < 1.29 is 19.0 Å². The Morgan fingerprint density at radius 3 is 2.92 bits per heavy atom. The maximum atomic E-state index is 10.2. The lowest BCUT2D eigenvalue weighted by molar-refractivity contribution is 0.169. The molecule has 2 aromatic rings. The molecule has 2 aliphatic rings. The highest BCUT2D eigenvalue weighted by Gasteiger charge is 2.36. The van der Waals surface area contributed by atoms with Crippen molar-refractivity contribution in [3.05, 3.63) is 35.0 Å². The molecule has 134 valence electrons. The van der Waals surface area contributed by atoms with Gasteiger partial charge in [-0.05, 0) is 25.5 Å². The topological polar surface area (TPSA) is 80.9 Å². The van der Waals surface area contributed by atoms with E-state index in [0.29, 0.717) is 31.3 Å². The van der Waals surface area contributed by atoms with Gasteiger partial charge in [0.25, 0.3) is 0 Å². The third kappa shape index (κ3) is 3.09. The molecule has 0 bridgehead atoms. The highest BCUT2D eigenvalue weighted by molar-refractivity contribution is 5.49. The molecule has 0 amide bonds. The van der Waals surface area contributed by atoms with Crippen molar-refractivity contribution in [2.75, 3.05) is 13.7 Å². The molecule has 3 atom stereocenters. The number of aromatic nitrogens is 2. The lowest BCUT2D eigenvalue weighted by Gasteiger charge is -2.23. The van der Waals surface area contributed by atoms with Crippen LogP contribution < -0.4 is 9.47 Å². The Labute approximate surface area is 146 Å². The van der Waals surface area contributed by atoms with Crippen LogP contribution in [0.25, 0.3) is 0 Å². The van der Waals surface area contributed by atoms with E-state index in [1.165, 1.54) is 5.56 Å². The first kappa shape index (κ1) is 16.4. The van der Waals surface area contributed by atoms with E-state index < -0.39 is 6.10 Å². The Hall–Kier alpha value is -2.12. The van der Waals surface area contributed by atoms with Crippen LogP contribution in [0, 0.1) is 6.92 Å². The number of aliphatic hydroxyl groups is 1. The van der Waals surface area contributed by atoms with Crippen LogP contribution in [0.2, 0.25) is 0 Å². The number of methoxy groups -OCH3 is 1. The predicted octanol–water partition coefficient (Wildman–Crippen LogP) is 2.02. The summed E-state index contributed by atoms with van der Waals surface area (Å²) in [6.45, 7) is 5.04. The summed E-state index contributed by atoms with van der Waals surface area (Å²) >= 11 is 0. The summed E-state index contributed by atoms with van der Waals surface area (Å²) in [5, 5.41) is 18.2. The average Bonchev–Trinajstić information content (AvgIpc) is 3.25. The quantitative estimate of drug-likeness (QED) is 0.908. The fraction of sp³-hybridized carbons (Fsp3) is 0.556. The van der Waals surface area contributed by atoms with E-state index in [0.717, 1.165) is 23.5 Å².